The molecule has 29 heavy (non-hydrogen) atoms. The Labute approximate surface area is 175 Å². The predicted octanol–water partition coefficient (Wildman–Crippen LogP) is 0.658. The molecule has 0 aromatic heterocycles. The van der Waals surface area contributed by atoms with Crippen molar-refractivity contribution in [2.24, 2.45) is 16.9 Å². The van der Waals surface area contributed by atoms with Gasteiger partial charge in [-0.25, -0.2) is 4.79 Å². The quantitative estimate of drug-likeness (QED) is 0.391. The number of nitrogens with two attached hydrogens (primary N) is 2. The van der Waals surface area contributed by atoms with E-state index in [2.05, 4.69) is 0 Å². The fourth-order valence-corrected chi connectivity index (χ4v) is 6.70. The van der Waals surface area contributed by atoms with Crippen LogP contribution in [0.15, 0.2) is 11.4 Å². The van der Waals surface area contributed by atoms with Crippen LogP contribution in [0.4, 0.5) is 0 Å². The number of primary amides is 1. The van der Waals surface area contributed by atoms with Crippen LogP contribution in [-0.2, 0) is 19.1 Å². The van der Waals surface area contributed by atoms with Crippen LogP contribution in [0.3, 0.4) is 0 Å². The molecule has 4 fully saturated rings. The van der Waals surface area contributed by atoms with Crippen LogP contribution in [0.1, 0.15) is 47.0 Å². The summed E-state index contributed by atoms with van der Waals surface area (Å²) in [5.41, 5.74) is 11.1. The number of hydrogen-bond acceptors (Lipinski definition) is 6. The Kier molecular flexibility index (Phi) is 4.43. The first-order valence-electron chi connectivity index (χ1n) is 10.2. The molecule has 2 bridgehead atoms. The molecule has 5 aliphatic heterocycles. The van der Waals surface area contributed by atoms with Crippen molar-refractivity contribution in [3.8, 4) is 0 Å². The van der Waals surface area contributed by atoms with Crippen LogP contribution in [0.25, 0.3) is 0 Å². The van der Waals surface area contributed by atoms with Crippen molar-refractivity contribution >= 4 is 29.5 Å². The molecule has 0 unspecified atom stereocenters. The van der Waals surface area contributed by atoms with E-state index >= 15 is 0 Å². The SMILES string of the molecule is CC(C)(C)OC(=O)C1=C([N+]23CCC(C(N)=O)(CC2)CC3)CS[C@@H]2N1C(=O)[C@@]2(C)N. The zero-order valence-electron chi connectivity index (χ0n) is 17.6. The van der Waals surface area contributed by atoms with Gasteiger partial charge in [-0.15, -0.1) is 11.8 Å². The standard InChI is InChI=1S/C20H30N4O4S/c1-18(2,3)28-14(25)13-12(11-29-17-19(4,22)16(27)23(13)17)24-8-5-20(6-9-24,7-10-24)15(21)26/h17H,5-11,22H2,1-4H3,(H-,21,26)/p+1/t17-,19+,20?,24?/m0/s1. The Morgan fingerprint density at radius 2 is 1.76 bits per heavy atom. The minimum Gasteiger partial charge on any atom is -0.455 e. The van der Waals surface area contributed by atoms with E-state index in [-0.39, 0.29) is 17.2 Å². The molecule has 8 nitrogen and oxygen atoms in total. The molecule has 4 N–H and O–H groups in total. The van der Waals surface area contributed by atoms with Crippen molar-refractivity contribution in [2.45, 2.75) is 63.5 Å². The smallest absolute Gasteiger partial charge is 0.361 e. The van der Waals surface area contributed by atoms with E-state index in [1.165, 1.54) is 0 Å². The molecule has 0 aromatic carbocycles. The summed E-state index contributed by atoms with van der Waals surface area (Å²) < 4.78 is 6.34. The molecule has 2 amide bonds. The van der Waals surface area contributed by atoms with Gasteiger partial charge in [0.15, 0.2) is 11.4 Å². The average molecular weight is 424 g/mol. The second-order valence-electron chi connectivity index (χ2n) is 10.1. The second kappa shape index (κ2) is 6.21. The highest BCUT2D eigenvalue weighted by Gasteiger charge is 2.64. The molecule has 2 atom stereocenters. The summed E-state index contributed by atoms with van der Waals surface area (Å²) in [6, 6.07) is 0. The van der Waals surface area contributed by atoms with Crippen molar-refractivity contribution in [3.63, 3.8) is 0 Å². The molecule has 5 heterocycles. The first-order chi connectivity index (χ1) is 13.3. The molecule has 4 saturated heterocycles. The fraction of sp³-hybridized carbons (Fsp3) is 0.750. The predicted molar refractivity (Wildman–Crippen MR) is 109 cm³/mol. The maximum Gasteiger partial charge on any atom is 0.361 e. The number of β-lactam (4-membered cyclic amide) rings is 1. The van der Waals surface area contributed by atoms with Gasteiger partial charge in [-0.2, -0.15) is 0 Å². The summed E-state index contributed by atoms with van der Waals surface area (Å²) in [5.74, 6) is -0.302. The molecule has 0 aromatic rings. The fourth-order valence-electron chi connectivity index (χ4n) is 5.18. The number of piperidine rings is 3. The van der Waals surface area contributed by atoms with Gasteiger partial charge in [0.2, 0.25) is 5.91 Å². The van der Waals surface area contributed by atoms with Gasteiger partial charge in [0.1, 0.15) is 16.5 Å². The summed E-state index contributed by atoms with van der Waals surface area (Å²) in [6.07, 6.45) is 2.14. The number of rotatable bonds is 3. The number of nitrogens with zero attached hydrogens (tertiary/aromatic N) is 2. The molecule has 0 aliphatic carbocycles. The lowest BCUT2D eigenvalue weighted by molar-refractivity contribution is -0.909. The van der Waals surface area contributed by atoms with Crippen LogP contribution < -0.4 is 11.5 Å². The molecular weight excluding hydrogens is 392 g/mol. The highest BCUT2D eigenvalue weighted by molar-refractivity contribution is 8.00. The first kappa shape index (κ1) is 20.7. The second-order valence-corrected chi connectivity index (χ2v) is 11.2. The zero-order valence-corrected chi connectivity index (χ0v) is 18.4. The Morgan fingerprint density at radius 3 is 2.24 bits per heavy atom. The van der Waals surface area contributed by atoms with Gasteiger partial charge in [0.25, 0.3) is 5.91 Å². The lowest BCUT2D eigenvalue weighted by Crippen LogP contribution is -2.77. The minimum atomic E-state index is -0.978. The summed E-state index contributed by atoms with van der Waals surface area (Å²) in [7, 11) is 0. The Balaban J connectivity index is 1.75. The molecule has 0 saturated carbocycles. The largest absolute Gasteiger partial charge is 0.455 e. The number of amides is 2. The third kappa shape index (κ3) is 2.92. The van der Waals surface area contributed by atoms with Gasteiger partial charge in [0.05, 0.1) is 30.8 Å². The summed E-state index contributed by atoms with van der Waals surface area (Å²) >= 11 is 1.61. The normalized spacial score (nSPS) is 39.1. The van der Waals surface area contributed by atoms with Crippen molar-refractivity contribution in [1.29, 1.82) is 0 Å². The van der Waals surface area contributed by atoms with Gasteiger partial charge < -0.3 is 16.2 Å². The van der Waals surface area contributed by atoms with Crippen molar-refractivity contribution < 1.29 is 23.6 Å². The summed E-state index contributed by atoms with van der Waals surface area (Å²) in [5, 5.41) is -0.265. The number of thioether (sulfide) groups is 1. The summed E-state index contributed by atoms with van der Waals surface area (Å²) in [4.78, 5) is 39.7. The lowest BCUT2D eigenvalue weighted by Gasteiger charge is -2.58. The third-order valence-electron chi connectivity index (χ3n) is 7.06. The molecule has 5 rings (SSSR count). The zero-order chi connectivity index (χ0) is 21.4. The van der Waals surface area contributed by atoms with E-state index in [0.29, 0.717) is 35.2 Å². The van der Waals surface area contributed by atoms with E-state index in [0.717, 1.165) is 25.3 Å². The van der Waals surface area contributed by atoms with Gasteiger partial charge >= 0.3 is 5.97 Å². The molecule has 5 aliphatic rings. The van der Waals surface area contributed by atoms with Crippen molar-refractivity contribution in [3.05, 3.63) is 11.4 Å². The van der Waals surface area contributed by atoms with Crippen LogP contribution in [0, 0.1) is 5.41 Å². The van der Waals surface area contributed by atoms with E-state index in [1.807, 2.05) is 20.8 Å². The molecule has 0 spiro atoms. The van der Waals surface area contributed by atoms with Crippen LogP contribution in [-0.4, -0.2) is 69.1 Å². The molecule has 160 valence electrons. The lowest BCUT2D eigenvalue weighted by atomic mass is 9.69. The molecule has 0 radical (unpaired) electrons. The van der Waals surface area contributed by atoms with Gasteiger partial charge in [-0.3, -0.25) is 19.0 Å². The van der Waals surface area contributed by atoms with Crippen molar-refractivity contribution in [2.75, 3.05) is 25.4 Å². The minimum absolute atomic E-state index is 0.216. The van der Waals surface area contributed by atoms with Crippen LogP contribution in [0.2, 0.25) is 0 Å². The summed E-state index contributed by atoms with van der Waals surface area (Å²) in [6.45, 7) is 9.42. The third-order valence-corrected chi connectivity index (χ3v) is 8.52. The highest BCUT2D eigenvalue weighted by Crippen LogP contribution is 2.52. The molecule has 9 heteroatoms. The Hall–Kier alpha value is -1.58. The number of ether oxygens (including phenoxy) is 1. The number of carbonyl (C=O) groups excluding carboxylic acids is 3. The number of carbonyl (C=O) groups is 3. The van der Waals surface area contributed by atoms with E-state index in [4.69, 9.17) is 16.2 Å². The average Bonchev–Trinajstić information content (AvgIpc) is 2.66. The van der Waals surface area contributed by atoms with E-state index in [9.17, 15) is 14.4 Å². The topological polar surface area (TPSA) is 116 Å². The Bertz CT molecular complexity index is 804. The van der Waals surface area contributed by atoms with E-state index < -0.39 is 22.5 Å². The van der Waals surface area contributed by atoms with Gasteiger partial charge in [-0.05, 0) is 27.7 Å². The van der Waals surface area contributed by atoms with Gasteiger partial charge in [-0.1, -0.05) is 0 Å². The van der Waals surface area contributed by atoms with Crippen LogP contribution in [0.5, 0.6) is 0 Å². The van der Waals surface area contributed by atoms with Crippen molar-refractivity contribution in [1.82, 2.24) is 4.90 Å². The maximum absolute atomic E-state index is 13.2. The number of hydrogen-bond donors (Lipinski definition) is 2. The molecular formula is C20H31N4O4S+. The highest BCUT2D eigenvalue weighted by atomic mass is 32.2. The number of esters is 1. The monoisotopic (exact) mass is 423 g/mol. The van der Waals surface area contributed by atoms with Crippen LogP contribution >= 0.6 is 11.8 Å². The first-order valence-corrected chi connectivity index (χ1v) is 11.3. The number of fused-ring (bicyclic) bond motifs is 4. The number of quaternary nitrogens is 1. The van der Waals surface area contributed by atoms with E-state index in [1.54, 1.807) is 23.6 Å². The maximum atomic E-state index is 13.2. The Morgan fingerprint density at radius 1 is 1.21 bits per heavy atom. The van der Waals surface area contributed by atoms with Gasteiger partial charge in [0, 0.05) is 19.3 Å².